The molecule has 0 bridgehead atoms. The SMILES string of the molecule is COCCO[C@@H]1[C@H](O)[C@@H](CO)OC[C@H]1n1cc(C)c(=O)[nH]c1=O. The molecule has 2 rings (SSSR count). The zero-order chi connectivity index (χ0) is 17.0. The number of rotatable bonds is 6. The van der Waals surface area contributed by atoms with Gasteiger partial charge in [-0.15, -0.1) is 0 Å². The van der Waals surface area contributed by atoms with Gasteiger partial charge in [0.25, 0.3) is 5.56 Å². The summed E-state index contributed by atoms with van der Waals surface area (Å²) >= 11 is 0. The van der Waals surface area contributed by atoms with Gasteiger partial charge in [0.05, 0.1) is 32.5 Å². The molecule has 0 unspecified atom stereocenters. The predicted molar refractivity (Wildman–Crippen MR) is 79.5 cm³/mol. The Hall–Kier alpha value is -1.52. The van der Waals surface area contributed by atoms with Gasteiger partial charge < -0.3 is 24.4 Å². The number of aromatic nitrogens is 2. The van der Waals surface area contributed by atoms with Gasteiger partial charge in [0, 0.05) is 18.9 Å². The van der Waals surface area contributed by atoms with E-state index in [0.717, 1.165) is 0 Å². The second-order valence-electron chi connectivity index (χ2n) is 5.42. The maximum Gasteiger partial charge on any atom is 0.328 e. The van der Waals surface area contributed by atoms with E-state index in [4.69, 9.17) is 14.2 Å². The number of aryl methyl sites for hydroxylation is 1. The molecule has 1 fully saturated rings. The molecule has 1 aliphatic rings. The van der Waals surface area contributed by atoms with E-state index in [9.17, 15) is 19.8 Å². The summed E-state index contributed by atoms with van der Waals surface area (Å²) in [6.45, 7) is 1.80. The molecule has 130 valence electrons. The number of nitrogens with zero attached hydrogens (tertiary/aromatic N) is 1. The average Bonchev–Trinajstić information content (AvgIpc) is 2.52. The van der Waals surface area contributed by atoms with Crippen LogP contribution >= 0.6 is 0 Å². The number of aliphatic hydroxyl groups is 2. The molecule has 0 spiro atoms. The van der Waals surface area contributed by atoms with Crippen molar-refractivity contribution in [1.82, 2.24) is 9.55 Å². The molecule has 3 N–H and O–H groups in total. The van der Waals surface area contributed by atoms with Gasteiger partial charge in [0.1, 0.15) is 18.3 Å². The number of nitrogens with one attached hydrogen (secondary N) is 1. The molecule has 0 saturated carbocycles. The molecule has 2 heterocycles. The number of hydrogen-bond acceptors (Lipinski definition) is 7. The van der Waals surface area contributed by atoms with E-state index in [1.165, 1.54) is 17.9 Å². The van der Waals surface area contributed by atoms with Crippen LogP contribution in [0.3, 0.4) is 0 Å². The minimum atomic E-state index is -1.12. The van der Waals surface area contributed by atoms with Crippen LogP contribution in [0.15, 0.2) is 15.8 Å². The maximum atomic E-state index is 12.1. The summed E-state index contributed by atoms with van der Waals surface area (Å²) in [6, 6.07) is -0.632. The van der Waals surface area contributed by atoms with Crippen molar-refractivity contribution in [3.8, 4) is 0 Å². The molecular formula is C14H22N2O7. The summed E-state index contributed by atoms with van der Waals surface area (Å²) in [4.78, 5) is 25.8. The van der Waals surface area contributed by atoms with Crippen molar-refractivity contribution in [2.75, 3.05) is 33.5 Å². The first-order chi connectivity index (χ1) is 11.0. The third kappa shape index (κ3) is 3.88. The summed E-state index contributed by atoms with van der Waals surface area (Å²) in [5.74, 6) is 0. The normalized spacial score (nSPS) is 28.0. The molecule has 1 saturated heterocycles. The third-order valence-corrected chi connectivity index (χ3v) is 3.86. The standard InChI is InChI=1S/C14H22N2O7/c1-8-5-16(14(20)15-13(8)19)9-7-23-10(6-17)11(18)12(9)22-4-3-21-2/h5,9-12,17-18H,3-4,6-7H2,1-2H3,(H,15,19,20)/t9-,10-,11-,12+/m1/s1. The molecule has 1 aromatic heterocycles. The number of H-pyrrole nitrogens is 1. The molecule has 9 heteroatoms. The van der Waals surface area contributed by atoms with Gasteiger partial charge in [-0.25, -0.2) is 4.79 Å². The summed E-state index contributed by atoms with van der Waals surface area (Å²) in [6.07, 6.45) is -1.28. The van der Waals surface area contributed by atoms with Crippen LogP contribution in [0.1, 0.15) is 11.6 Å². The van der Waals surface area contributed by atoms with Crippen LogP contribution in [-0.2, 0) is 14.2 Å². The van der Waals surface area contributed by atoms with E-state index in [2.05, 4.69) is 4.98 Å². The van der Waals surface area contributed by atoms with E-state index in [1.54, 1.807) is 6.92 Å². The number of hydrogen-bond donors (Lipinski definition) is 3. The fourth-order valence-electron chi connectivity index (χ4n) is 2.56. The highest BCUT2D eigenvalue weighted by molar-refractivity contribution is 5.04. The highest BCUT2D eigenvalue weighted by Gasteiger charge is 2.41. The van der Waals surface area contributed by atoms with Crippen LogP contribution in [0.2, 0.25) is 0 Å². The van der Waals surface area contributed by atoms with Gasteiger partial charge in [-0.05, 0) is 6.92 Å². The van der Waals surface area contributed by atoms with Crippen LogP contribution < -0.4 is 11.2 Å². The first kappa shape index (κ1) is 17.8. The van der Waals surface area contributed by atoms with Crippen LogP contribution in [-0.4, -0.2) is 71.6 Å². The summed E-state index contributed by atoms with van der Waals surface area (Å²) < 4.78 is 17.2. The first-order valence-electron chi connectivity index (χ1n) is 7.32. The summed E-state index contributed by atoms with van der Waals surface area (Å²) in [5.41, 5.74) is -0.711. The topological polar surface area (TPSA) is 123 Å². The van der Waals surface area contributed by atoms with Crippen LogP contribution in [0, 0.1) is 6.92 Å². The number of ether oxygens (including phenoxy) is 3. The molecule has 0 radical (unpaired) electrons. The van der Waals surface area contributed by atoms with Crippen molar-refractivity contribution < 1.29 is 24.4 Å². The van der Waals surface area contributed by atoms with Gasteiger partial charge in [-0.1, -0.05) is 0 Å². The van der Waals surface area contributed by atoms with Crippen molar-refractivity contribution in [2.24, 2.45) is 0 Å². The number of aromatic amines is 1. The van der Waals surface area contributed by atoms with Crippen molar-refractivity contribution in [3.63, 3.8) is 0 Å². The summed E-state index contributed by atoms with van der Waals surface area (Å²) in [7, 11) is 1.52. The molecule has 4 atom stereocenters. The third-order valence-electron chi connectivity index (χ3n) is 3.86. The van der Waals surface area contributed by atoms with Gasteiger partial charge >= 0.3 is 5.69 Å². The Bertz CT molecular complexity index is 626. The van der Waals surface area contributed by atoms with Crippen LogP contribution in [0.5, 0.6) is 0 Å². The van der Waals surface area contributed by atoms with Crippen LogP contribution in [0.4, 0.5) is 0 Å². The minimum Gasteiger partial charge on any atom is -0.394 e. The Balaban J connectivity index is 2.32. The van der Waals surface area contributed by atoms with Gasteiger partial charge in [0.2, 0.25) is 0 Å². The predicted octanol–water partition coefficient (Wildman–Crippen LogP) is -1.83. The zero-order valence-corrected chi connectivity index (χ0v) is 13.1. The van der Waals surface area contributed by atoms with Gasteiger partial charge in [-0.2, -0.15) is 0 Å². The lowest BCUT2D eigenvalue weighted by atomic mass is 9.97. The molecular weight excluding hydrogens is 308 g/mol. The van der Waals surface area contributed by atoms with Crippen molar-refractivity contribution in [1.29, 1.82) is 0 Å². The van der Waals surface area contributed by atoms with E-state index in [-0.39, 0.29) is 19.8 Å². The van der Waals surface area contributed by atoms with Crippen molar-refractivity contribution in [2.45, 2.75) is 31.3 Å². The maximum absolute atomic E-state index is 12.1. The number of aliphatic hydroxyl groups excluding tert-OH is 2. The Morgan fingerprint density at radius 1 is 1.43 bits per heavy atom. The molecule has 0 aromatic carbocycles. The van der Waals surface area contributed by atoms with E-state index < -0.39 is 35.6 Å². The Morgan fingerprint density at radius 3 is 2.83 bits per heavy atom. The minimum absolute atomic E-state index is 0.0608. The van der Waals surface area contributed by atoms with Gasteiger partial charge in [-0.3, -0.25) is 14.3 Å². The molecule has 23 heavy (non-hydrogen) atoms. The Labute approximate surface area is 132 Å². The molecule has 9 nitrogen and oxygen atoms in total. The largest absolute Gasteiger partial charge is 0.394 e. The molecule has 0 aliphatic carbocycles. The Kier molecular flexibility index (Phi) is 6.08. The van der Waals surface area contributed by atoms with Crippen molar-refractivity contribution in [3.05, 3.63) is 32.6 Å². The fraction of sp³-hybridized carbons (Fsp3) is 0.714. The highest BCUT2D eigenvalue weighted by Crippen LogP contribution is 2.26. The smallest absolute Gasteiger partial charge is 0.328 e. The van der Waals surface area contributed by atoms with E-state index in [1.807, 2.05) is 0 Å². The molecule has 0 amide bonds. The highest BCUT2D eigenvalue weighted by atomic mass is 16.6. The second-order valence-corrected chi connectivity index (χ2v) is 5.42. The second kappa shape index (κ2) is 7.84. The van der Waals surface area contributed by atoms with E-state index in [0.29, 0.717) is 12.2 Å². The summed E-state index contributed by atoms with van der Waals surface area (Å²) in [5, 5.41) is 19.6. The first-order valence-corrected chi connectivity index (χ1v) is 7.32. The Morgan fingerprint density at radius 2 is 2.17 bits per heavy atom. The average molecular weight is 330 g/mol. The fourth-order valence-corrected chi connectivity index (χ4v) is 2.56. The lowest BCUT2D eigenvalue weighted by molar-refractivity contribution is -0.189. The molecule has 1 aromatic rings. The van der Waals surface area contributed by atoms with Crippen LogP contribution in [0.25, 0.3) is 0 Å². The zero-order valence-electron chi connectivity index (χ0n) is 13.1. The monoisotopic (exact) mass is 330 g/mol. The lowest BCUT2D eigenvalue weighted by Crippen LogP contribution is -2.55. The van der Waals surface area contributed by atoms with Crippen molar-refractivity contribution >= 4 is 0 Å². The van der Waals surface area contributed by atoms with Gasteiger partial charge in [0.15, 0.2) is 0 Å². The van der Waals surface area contributed by atoms with E-state index >= 15 is 0 Å². The quantitative estimate of drug-likeness (QED) is 0.524. The lowest BCUT2D eigenvalue weighted by Gasteiger charge is -2.40. The molecule has 1 aliphatic heterocycles. The number of methoxy groups -OCH3 is 1.